The third kappa shape index (κ3) is 3.86. The molecule has 1 N–H and O–H groups in total. The minimum Gasteiger partial charge on any atom is -0.497 e. The fraction of sp³-hybridized carbons (Fsp3) is 0.292. The summed E-state index contributed by atoms with van der Waals surface area (Å²) in [5.74, 6) is 1.39. The van der Waals surface area contributed by atoms with Crippen LogP contribution in [0, 0.1) is 11.7 Å². The zero-order valence-corrected chi connectivity index (χ0v) is 18.5. The van der Waals surface area contributed by atoms with Crippen molar-refractivity contribution in [1.29, 1.82) is 0 Å². The first-order chi connectivity index (χ1) is 15.6. The zero-order valence-electron chi connectivity index (χ0n) is 17.7. The number of thiophene rings is 1. The van der Waals surface area contributed by atoms with E-state index in [0.717, 1.165) is 52.5 Å². The van der Waals surface area contributed by atoms with Gasteiger partial charge in [-0.1, -0.05) is 18.2 Å². The van der Waals surface area contributed by atoms with Gasteiger partial charge in [-0.3, -0.25) is 4.79 Å². The Kier molecular flexibility index (Phi) is 5.61. The highest BCUT2D eigenvalue weighted by atomic mass is 32.1. The molecule has 4 aromatic rings. The summed E-state index contributed by atoms with van der Waals surface area (Å²) in [5.41, 5.74) is 1.67. The number of nitrogens with one attached hydrogen (secondary N) is 1. The van der Waals surface area contributed by atoms with Gasteiger partial charge in [0.15, 0.2) is 0 Å². The molecule has 0 atom stereocenters. The van der Waals surface area contributed by atoms with E-state index in [9.17, 15) is 9.18 Å². The van der Waals surface area contributed by atoms with Crippen molar-refractivity contribution >= 4 is 43.4 Å². The highest BCUT2D eigenvalue weighted by Crippen LogP contribution is 2.39. The van der Waals surface area contributed by atoms with Crippen LogP contribution in [0.2, 0.25) is 0 Å². The van der Waals surface area contributed by atoms with Crippen LogP contribution in [0.4, 0.5) is 10.2 Å². The van der Waals surface area contributed by atoms with E-state index in [0.29, 0.717) is 17.4 Å². The van der Waals surface area contributed by atoms with Gasteiger partial charge in [-0.2, -0.15) is 0 Å². The molecule has 1 aliphatic rings. The molecule has 164 valence electrons. The maximum Gasteiger partial charge on any atom is 0.223 e. The van der Waals surface area contributed by atoms with Gasteiger partial charge in [0.1, 0.15) is 23.7 Å². The highest BCUT2D eigenvalue weighted by Gasteiger charge is 2.27. The fourth-order valence-corrected chi connectivity index (χ4v) is 5.45. The fourth-order valence-electron chi connectivity index (χ4n) is 4.26. The summed E-state index contributed by atoms with van der Waals surface area (Å²) < 4.78 is 21.4. The van der Waals surface area contributed by atoms with Crippen molar-refractivity contribution in [3.63, 3.8) is 0 Å². The van der Waals surface area contributed by atoms with Crippen LogP contribution in [0.1, 0.15) is 18.4 Å². The van der Waals surface area contributed by atoms with Crippen molar-refractivity contribution in [2.75, 3.05) is 25.1 Å². The van der Waals surface area contributed by atoms with E-state index in [-0.39, 0.29) is 17.6 Å². The summed E-state index contributed by atoms with van der Waals surface area (Å²) in [6.07, 6.45) is 2.99. The molecule has 8 heteroatoms. The second-order valence-corrected chi connectivity index (χ2v) is 8.97. The summed E-state index contributed by atoms with van der Waals surface area (Å²) >= 11 is 1.52. The van der Waals surface area contributed by atoms with E-state index in [1.807, 2.05) is 30.3 Å². The SMILES string of the molecule is COc1cccc(CNC(=O)C2CCN(c3ncnc4c3sc3cccc(F)c34)CC2)c1. The van der Waals surface area contributed by atoms with Gasteiger partial charge in [0.05, 0.1) is 22.7 Å². The van der Waals surface area contributed by atoms with Crippen LogP contribution < -0.4 is 15.0 Å². The average Bonchev–Trinajstić information content (AvgIpc) is 3.23. The molecular formula is C24H23FN4O2S. The van der Waals surface area contributed by atoms with Gasteiger partial charge in [-0.15, -0.1) is 11.3 Å². The maximum absolute atomic E-state index is 14.4. The lowest BCUT2D eigenvalue weighted by Crippen LogP contribution is -2.40. The average molecular weight is 451 g/mol. The molecule has 0 saturated carbocycles. The van der Waals surface area contributed by atoms with Crippen molar-refractivity contribution in [3.8, 4) is 5.75 Å². The lowest BCUT2D eigenvalue weighted by molar-refractivity contribution is -0.125. The minimum absolute atomic E-state index is 0.0333. The Hall–Kier alpha value is -3.26. The van der Waals surface area contributed by atoms with Crippen molar-refractivity contribution in [2.45, 2.75) is 19.4 Å². The second kappa shape index (κ2) is 8.70. The Morgan fingerprint density at radius 3 is 2.84 bits per heavy atom. The molecule has 1 saturated heterocycles. The lowest BCUT2D eigenvalue weighted by Gasteiger charge is -2.32. The van der Waals surface area contributed by atoms with Crippen LogP contribution in [0.25, 0.3) is 20.3 Å². The maximum atomic E-state index is 14.4. The molecule has 5 rings (SSSR count). The molecule has 0 radical (unpaired) electrons. The van der Waals surface area contributed by atoms with Crippen LogP contribution in [0.15, 0.2) is 48.8 Å². The molecule has 32 heavy (non-hydrogen) atoms. The Morgan fingerprint density at radius 2 is 2.03 bits per heavy atom. The number of benzene rings is 2. The lowest BCUT2D eigenvalue weighted by atomic mass is 9.95. The number of aromatic nitrogens is 2. The van der Waals surface area contributed by atoms with Crippen molar-refractivity contribution in [3.05, 3.63) is 60.2 Å². The number of hydrogen-bond acceptors (Lipinski definition) is 6. The molecule has 1 amide bonds. The van der Waals surface area contributed by atoms with Gasteiger partial charge in [0.25, 0.3) is 0 Å². The molecular weight excluding hydrogens is 427 g/mol. The van der Waals surface area contributed by atoms with Crippen LogP contribution in [0.3, 0.4) is 0 Å². The van der Waals surface area contributed by atoms with E-state index in [4.69, 9.17) is 4.74 Å². The first-order valence-corrected chi connectivity index (χ1v) is 11.4. The van der Waals surface area contributed by atoms with Crippen LogP contribution in [0.5, 0.6) is 5.75 Å². The smallest absolute Gasteiger partial charge is 0.223 e. The van der Waals surface area contributed by atoms with Crippen LogP contribution in [-0.4, -0.2) is 36.1 Å². The number of methoxy groups -OCH3 is 1. The van der Waals surface area contributed by atoms with Crippen LogP contribution >= 0.6 is 11.3 Å². The Labute approximate surface area is 189 Å². The van der Waals surface area contributed by atoms with E-state index in [2.05, 4.69) is 20.2 Å². The molecule has 3 heterocycles. The third-order valence-corrected chi connectivity index (χ3v) is 7.12. The quantitative estimate of drug-likeness (QED) is 0.484. The van der Waals surface area contributed by atoms with Crippen molar-refractivity contribution < 1.29 is 13.9 Å². The van der Waals surface area contributed by atoms with Gasteiger partial charge in [0, 0.05) is 30.3 Å². The number of halogens is 1. The van der Waals surface area contributed by atoms with E-state index >= 15 is 0 Å². The van der Waals surface area contributed by atoms with Gasteiger partial charge < -0.3 is 15.0 Å². The number of fused-ring (bicyclic) bond motifs is 3. The molecule has 0 bridgehead atoms. The Morgan fingerprint density at radius 1 is 1.22 bits per heavy atom. The Balaban J connectivity index is 1.26. The first kappa shape index (κ1) is 20.6. The molecule has 0 unspecified atom stereocenters. The monoisotopic (exact) mass is 450 g/mol. The number of nitrogens with zero attached hydrogens (tertiary/aromatic N) is 3. The van der Waals surface area contributed by atoms with Crippen LogP contribution in [-0.2, 0) is 11.3 Å². The number of rotatable bonds is 5. The molecule has 2 aromatic heterocycles. The van der Waals surface area contributed by atoms with Crippen molar-refractivity contribution in [1.82, 2.24) is 15.3 Å². The van der Waals surface area contributed by atoms with E-state index < -0.39 is 0 Å². The van der Waals surface area contributed by atoms with Gasteiger partial charge in [-0.05, 0) is 42.7 Å². The highest BCUT2D eigenvalue weighted by molar-refractivity contribution is 7.26. The van der Waals surface area contributed by atoms with Gasteiger partial charge >= 0.3 is 0 Å². The third-order valence-electron chi connectivity index (χ3n) is 5.98. The largest absolute Gasteiger partial charge is 0.497 e. The number of carbonyl (C=O) groups is 1. The molecule has 1 aliphatic heterocycles. The van der Waals surface area contributed by atoms with Gasteiger partial charge in [0.2, 0.25) is 5.91 Å². The zero-order chi connectivity index (χ0) is 22.1. The molecule has 0 aliphatic carbocycles. The summed E-state index contributed by atoms with van der Waals surface area (Å²) in [6, 6.07) is 12.8. The number of piperidine rings is 1. The first-order valence-electron chi connectivity index (χ1n) is 10.6. The predicted molar refractivity (Wildman–Crippen MR) is 125 cm³/mol. The molecule has 1 fully saturated rings. The van der Waals surface area contributed by atoms with Crippen molar-refractivity contribution in [2.24, 2.45) is 5.92 Å². The molecule has 0 spiro atoms. The number of amides is 1. The summed E-state index contributed by atoms with van der Waals surface area (Å²) in [6.45, 7) is 1.93. The number of anilines is 1. The number of ether oxygens (including phenoxy) is 1. The summed E-state index contributed by atoms with van der Waals surface area (Å²) in [7, 11) is 1.63. The minimum atomic E-state index is -0.259. The van der Waals surface area contributed by atoms with E-state index in [1.165, 1.54) is 23.7 Å². The standard InChI is InChI=1S/C24H23FN4O2S/c1-31-17-5-2-4-15(12-17)13-26-24(30)16-8-10-29(11-9-16)23-22-21(27-14-28-23)20-18(25)6-3-7-19(20)32-22/h2-7,12,14,16H,8-11,13H2,1H3,(H,26,30). The van der Waals surface area contributed by atoms with E-state index in [1.54, 1.807) is 13.2 Å². The second-order valence-electron chi connectivity index (χ2n) is 7.92. The predicted octanol–water partition coefficient (Wildman–Crippen LogP) is 4.53. The normalized spacial score (nSPS) is 14.8. The molecule has 2 aromatic carbocycles. The van der Waals surface area contributed by atoms with Gasteiger partial charge in [-0.25, -0.2) is 14.4 Å². The summed E-state index contributed by atoms with van der Waals surface area (Å²) in [5, 5.41) is 3.61. The number of hydrogen-bond donors (Lipinski definition) is 1. The Bertz CT molecular complexity index is 1280. The molecule has 6 nitrogen and oxygen atoms in total. The summed E-state index contributed by atoms with van der Waals surface area (Å²) in [4.78, 5) is 23.8. The topological polar surface area (TPSA) is 67.3 Å². The number of carbonyl (C=O) groups excluding carboxylic acids is 1.